The standard InChI is InChI=1S/C22H22ClN7O2/c1-14(22(2,3)21(31)32)30-27-20(26-28-30)15-8-9-24-18(10-15)19-12-29(13-25-19)11-16-6-4-5-7-17(16)23/h4-10,12-14H,11H2,1-3H3,(H,31,32). The van der Waals surface area contributed by atoms with Gasteiger partial charge in [-0.2, -0.15) is 4.80 Å². The quantitative estimate of drug-likeness (QED) is 0.452. The van der Waals surface area contributed by atoms with Crippen LogP contribution in [0.15, 0.2) is 55.1 Å². The van der Waals surface area contributed by atoms with Gasteiger partial charge in [-0.25, -0.2) is 4.98 Å². The first-order valence-corrected chi connectivity index (χ1v) is 10.4. The van der Waals surface area contributed by atoms with Gasteiger partial charge in [-0.15, -0.1) is 10.2 Å². The average molecular weight is 452 g/mol. The molecule has 4 rings (SSSR count). The largest absolute Gasteiger partial charge is 0.481 e. The fourth-order valence-electron chi connectivity index (χ4n) is 3.08. The van der Waals surface area contributed by atoms with Gasteiger partial charge in [0.1, 0.15) is 5.69 Å². The fourth-order valence-corrected chi connectivity index (χ4v) is 3.28. The van der Waals surface area contributed by atoms with Crippen LogP contribution in [0.1, 0.15) is 32.4 Å². The number of hydrogen-bond acceptors (Lipinski definition) is 6. The van der Waals surface area contributed by atoms with E-state index < -0.39 is 17.4 Å². The molecule has 1 N–H and O–H groups in total. The van der Waals surface area contributed by atoms with E-state index in [1.165, 1.54) is 4.80 Å². The number of carboxylic acids is 1. The molecule has 164 valence electrons. The zero-order chi connectivity index (χ0) is 22.9. The second-order valence-corrected chi connectivity index (χ2v) is 8.50. The minimum atomic E-state index is -1.05. The summed E-state index contributed by atoms with van der Waals surface area (Å²) in [6, 6.07) is 10.8. The van der Waals surface area contributed by atoms with Gasteiger partial charge in [0.15, 0.2) is 0 Å². The molecular formula is C22H22ClN7O2. The highest BCUT2D eigenvalue weighted by Gasteiger charge is 2.36. The van der Waals surface area contributed by atoms with Crippen molar-refractivity contribution < 1.29 is 9.90 Å². The Bertz CT molecular complexity index is 1260. The number of pyridine rings is 1. The van der Waals surface area contributed by atoms with Gasteiger partial charge in [0.25, 0.3) is 0 Å². The van der Waals surface area contributed by atoms with Crippen LogP contribution in [0.4, 0.5) is 0 Å². The molecule has 10 heteroatoms. The summed E-state index contributed by atoms with van der Waals surface area (Å²) in [4.78, 5) is 21.7. The lowest BCUT2D eigenvalue weighted by molar-refractivity contribution is -0.149. The number of hydrogen-bond donors (Lipinski definition) is 1. The molecule has 0 aliphatic carbocycles. The minimum absolute atomic E-state index is 0.386. The second kappa shape index (κ2) is 8.51. The molecule has 0 bridgehead atoms. The highest BCUT2D eigenvalue weighted by atomic mass is 35.5. The van der Waals surface area contributed by atoms with Crippen molar-refractivity contribution in [1.82, 2.24) is 34.7 Å². The SMILES string of the molecule is CC(n1nnc(-c2ccnc(-c3cn(Cc4ccccc4Cl)cn3)c2)n1)C(C)(C)C(=O)O. The summed E-state index contributed by atoms with van der Waals surface area (Å²) in [5, 5.41) is 22.7. The summed E-state index contributed by atoms with van der Waals surface area (Å²) in [5.41, 5.74) is 2.03. The maximum atomic E-state index is 11.5. The van der Waals surface area contributed by atoms with E-state index in [-0.39, 0.29) is 0 Å². The molecule has 0 saturated carbocycles. The van der Waals surface area contributed by atoms with Crippen LogP contribution in [0.3, 0.4) is 0 Å². The Morgan fingerprint density at radius 2 is 1.97 bits per heavy atom. The Morgan fingerprint density at radius 1 is 1.19 bits per heavy atom. The van der Waals surface area contributed by atoms with E-state index in [1.807, 2.05) is 41.1 Å². The molecule has 0 amide bonds. The molecule has 3 aromatic heterocycles. The maximum Gasteiger partial charge on any atom is 0.311 e. The van der Waals surface area contributed by atoms with Gasteiger partial charge in [0.05, 0.1) is 23.5 Å². The van der Waals surface area contributed by atoms with E-state index in [2.05, 4.69) is 25.4 Å². The predicted octanol–water partition coefficient (Wildman–Crippen LogP) is 3.97. The van der Waals surface area contributed by atoms with Crippen molar-refractivity contribution in [2.45, 2.75) is 33.4 Å². The van der Waals surface area contributed by atoms with Crippen molar-refractivity contribution in [2.24, 2.45) is 5.41 Å². The van der Waals surface area contributed by atoms with Gasteiger partial charge in [-0.3, -0.25) is 9.78 Å². The molecule has 0 saturated heterocycles. The van der Waals surface area contributed by atoms with Crippen LogP contribution in [0.25, 0.3) is 22.8 Å². The Labute approximate surface area is 189 Å². The van der Waals surface area contributed by atoms with Crippen molar-refractivity contribution in [2.75, 3.05) is 0 Å². The number of imidazole rings is 1. The third-order valence-electron chi connectivity index (χ3n) is 5.59. The van der Waals surface area contributed by atoms with Crippen LogP contribution in [0.5, 0.6) is 0 Å². The van der Waals surface area contributed by atoms with Crippen molar-refractivity contribution in [3.8, 4) is 22.8 Å². The Balaban J connectivity index is 1.56. The van der Waals surface area contributed by atoms with Gasteiger partial charge >= 0.3 is 5.97 Å². The lowest BCUT2D eigenvalue weighted by Crippen LogP contribution is -2.34. The molecule has 9 nitrogen and oxygen atoms in total. The number of carbonyl (C=O) groups is 1. The molecule has 32 heavy (non-hydrogen) atoms. The monoisotopic (exact) mass is 451 g/mol. The van der Waals surface area contributed by atoms with Crippen LogP contribution in [-0.2, 0) is 11.3 Å². The first-order valence-electron chi connectivity index (χ1n) is 10.0. The lowest BCUT2D eigenvalue weighted by Gasteiger charge is -2.25. The third kappa shape index (κ3) is 4.24. The summed E-state index contributed by atoms with van der Waals surface area (Å²) < 4.78 is 1.94. The van der Waals surface area contributed by atoms with Crippen LogP contribution in [0.2, 0.25) is 5.02 Å². The number of tetrazole rings is 1. The molecule has 0 radical (unpaired) electrons. The maximum absolute atomic E-state index is 11.5. The second-order valence-electron chi connectivity index (χ2n) is 8.09. The molecule has 0 aliphatic rings. The van der Waals surface area contributed by atoms with Crippen molar-refractivity contribution in [3.05, 3.63) is 65.7 Å². The van der Waals surface area contributed by atoms with Crippen molar-refractivity contribution >= 4 is 17.6 Å². The minimum Gasteiger partial charge on any atom is -0.481 e. The highest BCUT2D eigenvalue weighted by molar-refractivity contribution is 6.31. The van der Waals surface area contributed by atoms with Gasteiger partial charge in [-0.1, -0.05) is 29.8 Å². The zero-order valence-corrected chi connectivity index (χ0v) is 18.6. The number of aromatic nitrogens is 7. The highest BCUT2D eigenvalue weighted by Crippen LogP contribution is 2.30. The van der Waals surface area contributed by atoms with Crippen molar-refractivity contribution in [3.63, 3.8) is 0 Å². The van der Waals surface area contributed by atoms with Gasteiger partial charge in [-0.05, 0) is 49.7 Å². The smallest absolute Gasteiger partial charge is 0.311 e. The van der Waals surface area contributed by atoms with E-state index in [9.17, 15) is 9.90 Å². The lowest BCUT2D eigenvalue weighted by atomic mass is 9.86. The number of rotatable bonds is 7. The molecule has 0 aliphatic heterocycles. The van der Waals surface area contributed by atoms with E-state index >= 15 is 0 Å². The molecule has 0 spiro atoms. The zero-order valence-electron chi connectivity index (χ0n) is 17.8. The van der Waals surface area contributed by atoms with E-state index in [4.69, 9.17) is 11.6 Å². The molecular weight excluding hydrogens is 430 g/mol. The van der Waals surface area contributed by atoms with Gasteiger partial charge < -0.3 is 9.67 Å². The van der Waals surface area contributed by atoms with E-state index in [1.54, 1.807) is 39.4 Å². The molecule has 3 heterocycles. The summed E-state index contributed by atoms with van der Waals surface area (Å²) in [6.07, 6.45) is 5.29. The van der Waals surface area contributed by atoms with Gasteiger partial charge in [0, 0.05) is 29.5 Å². The van der Waals surface area contributed by atoms with E-state index in [0.29, 0.717) is 34.3 Å². The van der Waals surface area contributed by atoms with Crippen LogP contribution >= 0.6 is 11.6 Å². The van der Waals surface area contributed by atoms with E-state index in [0.717, 1.165) is 5.56 Å². The molecule has 1 unspecified atom stereocenters. The normalized spacial score (nSPS) is 12.6. The first kappa shape index (κ1) is 21.6. The van der Waals surface area contributed by atoms with Gasteiger partial charge in [0.2, 0.25) is 5.82 Å². The number of carboxylic acid groups (broad SMARTS) is 1. The fraction of sp³-hybridized carbons (Fsp3) is 0.273. The average Bonchev–Trinajstić information content (AvgIpc) is 3.45. The summed E-state index contributed by atoms with van der Waals surface area (Å²) in [6.45, 7) is 5.61. The summed E-state index contributed by atoms with van der Waals surface area (Å²) in [7, 11) is 0. The summed E-state index contributed by atoms with van der Waals surface area (Å²) in [5.74, 6) is -0.542. The number of halogens is 1. The Kier molecular flexibility index (Phi) is 5.75. The first-order chi connectivity index (χ1) is 15.3. The summed E-state index contributed by atoms with van der Waals surface area (Å²) >= 11 is 6.26. The van der Waals surface area contributed by atoms with Crippen molar-refractivity contribution in [1.29, 1.82) is 0 Å². The molecule has 4 aromatic rings. The topological polar surface area (TPSA) is 112 Å². The Hall–Kier alpha value is -3.59. The third-order valence-corrected chi connectivity index (χ3v) is 5.96. The number of nitrogens with zero attached hydrogens (tertiary/aromatic N) is 7. The number of aliphatic carboxylic acids is 1. The number of benzene rings is 1. The van der Waals surface area contributed by atoms with Crippen LogP contribution in [-0.4, -0.2) is 45.8 Å². The van der Waals surface area contributed by atoms with Crippen LogP contribution in [0, 0.1) is 5.41 Å². The predicted molar refractivity (Wildman–Crippen MR) is 119 cm³/mol. The molecule has 1 atom stereocenters. The molecule has 1 aromatic carbocycles. The Morgan fingerprint density at radius 3 is 2.72 bits per heavy atom. The van der Waals surface area contributed by atoms with Crippen LogP contribution < -0.4 is 0 Å². The molecule has 0 fully saturated rings.